The maximum absolute atomic E-state index is 3.31. The molecule has 22 heavy (non-hydrogen) atoms. The van der Waals surface area contributed by atoms with E-state index in [2.05, 4.69) is 84.6 Å². The van der Waals surface area contributed by atoms with Crippen LogP contribution in [0.3, 0.4) is 0 Å². The molecule has 101 valence electrons. The predicted molar refractivity (Wildman–Crippen MR) is 92.7 cm³/mol. The summed E-state index contributed by atoms with van der Waals surface area (Å²) in [4.78, 5) is 0. The van der Waals surface area contributed by atoms with E-state index in [9.17, 15) is 0 Å². The van der Waals surface area contributed by atoms with Crippen molar-refractivity contribution in [1.29, 1.82) is 0 Å². The van der Waals surface area contributed by atoms with Crippen molar-refractivity contribution in [3.05, 3.63) is 96.1 Å². The molecule has 4 aromatic carbocycles. The molecule has 0 aliphatic carbocycles. The minimum Gasteiger partial charge on any atom is -0.0616 e. The van der Waals surface area contributed by atoms with E-state index in [-0.39, 0.29) is 0 Å². The monoisotopic (exact) mass is 277 g/mol. The molecule has 0 aliphatic rings. The zero-order valence-corrected chi connectivity index (χ0v) is 12.0. The summed E-state index contributed by atoms with van der Waals surface area (Å²) in [5.74, 6) is 6.59. The first-order valence-electron chi connectivity index (χ1n) is 7.30. The molecule has 0 N–H and O–H groups in total. The van der Waals surface area contributed by atoms with Crippen LogP contribution in [0.25, 0.3) is 21.5 Å². The number of hydrogen-bond acceptors (Lipinski definition) is 0. The Hall–Kier alpha value is -3.04. The normalized spacial score (nSPS) is 10.4. The number of rotatable bonds is 0. The van der Waals surface area contributed by atoms with Gasteiger partial charge >= 0.3 is 0 Å². The molecular weight excluding hydrogens is 264 g/mol. The van der Waals surface area contributed by atoms with Crippen LogP contribution in [0.2, 0.25) is 0 Å². The Morgan fingerprint density at radius 3 is 2.59 bits per heavy atom. The highest BCUT2D eigenvalue weighted by atomic mass is 14.0. The third-order valence-electron chi connectivity index (χ3n) is 3.82. The van der Waals surface area contributed by atoms with Gasteiger partial charge in [-0.25, -0.2) is 0 Å². The van der Waals surface area contributed by atoms with E-state index in [1.54, 1.807) is 0 Å². The Bertz CT molecular complexity index is 1020. The fourth-order valence-corrected chi connectivity index (χ4v) is 2.68. The molecule has 0 saturated carbocycles. The van der Waals surface area contributed by atoms with Gasteiger partial charge < -0.3 is 0 Å². The summed E-state index contributed by atoms with van der Waals surface area (Å²) in [6.07, 6.45) is 0. The van der Waals surface area contributed by atoms with Crippen LogP contribution in [0.15, 0.2) is 78.9 Å². The smallest absolute Gasteiger partial charge is 0.0327 e. The molecule has 0 amide bonds. The molecule has 0 nitrogen and oxygen atoms in total. The highest BCUT2D eigenvalue weighted by molar-refractivity contribution is 5.88. The van der Waals surface area contributed by atoms with Crippen molar-refractivity contribution in [3.8, 4) is 11.8 Å². The second kappa shape index (κ2) is 5.39. The summed E-state index contributed by atoms with van der Waals surface area (Å²) in [5.41, 5.74) is 2.10. The van der Waals surface area contributed by atoms with Crippen molar-refractivity contribution in [1.82, 2.24) is 0 Å². The molecule has 0 bridgehead atoms. The van der Waals surface area contributed by atoms with Gasteiger partial charge in [0, 0.05) is 11.1 Å². The Morgan fingerprint density at radius 2 is 1.59 bits per heavy atom. The first kappa shape index (κ1) is 12.7. The van der Waals surface area contributed by atoms with E-state index < -0.39 is 0 Å². The van der Waals surface area contributed by atoms with Crippen molar-refractivity contribution < 1.29 is 0 Å². The average Bonchev–Trinajstić information content (AvgIpc) is 2.60. The van der Waals surface area contributed by atoms with Gasteiger partial charge in [-0.15, -0.1) is 0 Å². The first-order chi connectivity index (χ1) is 10.9. The zero-order chi connectivity index (χ0) is 14.8. The maximum atomic E-state index is 3.31. The summed E-state index contributed by atoms with van der Waals surface area (Å²) in [6, 6.07) is 30.0. The number of hydrogen-bond donors (Lipinski definition) is 0. The molecular formula is C22H13. The van der Waals surface area contributed by atoms with Crippen molar-refractivity contribution in [2.75, 3.05) is 0 Å². The Labute approximate surface area is 130 Å². The largest absolute Gasteiger partial charge is 0.0616 e. The van der Waals surface area contributed by atoms with Crippen molar-refractivity contribution in [2.45, 2.75) is 0 Å². The Balaban J connectivity index is 1.80. The van der Waals surface area contributed by atoms with Crippen LogP contribution in [0.1, 0.15) is 11.1 Å². The highest BCUT2D eigenvalue weighted by Gasteiger charge is 1.97. The highest BCUT2D eigenvalue weighted by Crippen LogP contribution is 2.18. The second-order valence-corrected chi connectivity index (χ2v) is 5.26. The topological polar surface area (TPSA) is 0 Å². The van der Waals surface area contributed by atoms with E-state index in [0.29, 0.717) is 0 Å². The molecule has 4 aromatic rings. The van der Waals surface area contributed by atoms with Crippen LogP contribution in [0.5, 0.6) is 0 Å². The lowest BCUT2D eigenvalue weighted by Crippen LogP contribution is -1.80. The third kappa shape index (κ3) is 2.34. The van der Waals surface area contributed by atoms with E-state index in [0.717, 1.165) is 11.1 Å². The lowest BCUT2D eigenvalue weighted by molar-refractivity contribution is 1.67. The van der Waals surface area contributed by atoms with Gasteiger partial charge in [-0.2, -0.15) is 0 Å². The molecule has 0 atom stereocenters. The van der Waals surface area contributed by atoms with Gasteiger partial charge in [0.25, 0.3) is 0 Å². The van der Waals surface area contributed by atoms with Crippen LogP contribution < -0.4 is 0 Å². The molecule has 4 rings (SSSR count). The summed E-state index contributed by atoms with van der Waals surface area (Å²) in [7, 11) is 0. The van der Waals surface area contributed by atoms with Gasteiger partial charge in [0.2, 0.25) is 0 Å². The van der Waals surface area contributed by atoms with Crippen LogP contribution in [0, 0.1) is 17.9 Å². The third-order valence-corrected chi connectivity index (χ3v) is 3.82. The molecule has 0 fully saturated rings. The van der Waals surface area contributed by atoms with Crippen molar-refractivity contribution >= 4 is 21.5 Å². The van der Waals surface area contributed by atoms with Gasteiger partial charge in [0.15, 0.2) is 0 Å². The van der Waals surface area contributed by atoms with Crippen LogP contribution >= 0.6 is 0 Å². The molecule has 0 aromatic heterocycles. The fraction of sp³-hybridized carbons (Fsp3) is 0. The van der Waals surface area contributed by atoms with Gasteiger partial charge in [0.05, 0.1) is 0 Å². The van der Waals surface area contributed by atoms with E-state index in [1.807, 2.05) is 12.1 Å². The minimum atomic E-state index is 1.03. The van der Waals surface area contributed by atoms with Gasteiger partial charge in [0.1, 0.15) is 0 Å². The summed E-state index contributed by atoms with van der Waals surface area (Å²) >= 11 is 0. The molecule has 0 saturated heterocycles. The van der Waals surface area contributed by atoms with Crippen LogP contribution in [0.4, 0.5) is 0 Å². The van der Waals surface area contributed by atoms with Gasteiger partial charge in [-0.3, -0.25) is 0 Å². The van der Waals surface area contributed by atoms with Crippen molar-refractivity contribution in [2.24, 2.45) is 0 Å². The average molecular weight is 277 g/mol. The lowest BCUT2D eigenvalue weighted by Gasteiger charge is -2.00. The zero-order valence-electron chi connectivity index (χ0n) is 12.0. The standard InChI is InChI=1S/C22H13/c1-2-8-21-16-17(12-14-18(21)6-1)13-15-20-10-5-9-19-7-3-4-11-22(19)20/h1,3-12,14,16H. The quantitative estimate of drug-likeness (QED) is 0.388. The molecule has 0 unspecified atom stereocenters. The summed E-state index contributed by atoms with van der Waals surface area (Å²) in [6.45, 7) is 0. The van der Waals surface area contributed by atoms with Crippen LogP contribution in [-0.2, 0) is 0 Å². The summed E-state index contributed by atoms with van der Waals surface area (Å²) < 4.78 is 0. The fourth-order valence-electron chi connectivity index (χ4n) is 2.68. The van der Waals surface area contributed by atoms with E-state index in [1.165, 1.54) is 21.5 Å². The second-order valence-electron chi connectivity index (χ2n) is 5.26. The van der Waals surface area contributed by atoms with Gasteiger partial charge in [-0.05, 0) is 51.9 Å². The molecule has 0 aliphatic heterocycles. The summed E-state index contributed by atoms with van der Waals surface area (Å²) in [5, 5.41) is 4.82. The van der Waals surface area contributed by atoms with E-state index in [4.69, 9.17) is 0 Å². The number of benzene rings is 4. The predicted octanol–water partition coefficient (Wildman–Crippen LogP) is 5.19. The van der Waals surface area contributed by atoms with Crippen LogP contribution in [-0.4, -0.2) is 0 Å². The molecule has 1 radical (unpaired) electrons. The molecule has 0 heterocycles. The van der Waals surface area contributed by atoms with E-state index >= 15 is 0 Å². The SMILES string of the molecule is C(#Cc1cccc2ccccc12)c1ccc2cc[c]cc2c1. The van der Waals surface area contributed by atoms with Gasteiger partial charge in [-0.1, -0.05) is 66.4 Å². The van der Waals surface area contributed by atoms with Crippen molar-refractivity contribution in [3.63, 3.8) is 0 Å². The minimum absolute atomic E-state index is 1.03. The molecule has 0 spiro atoms. The number of fused-ring (bicyclic) bond motifs is 2. The Kier molecular flexibility index (Phi) is 3.11. The molecule has 0 heteroatoms. The Morgan fingerprint density at radius 1 is 0.682 bits per heavy atom. The maximum Gasteiger partial charge on any atom is 0.0327 e. The first-order valence-corrected chi connectivity index (χ1v) is 7.30. The lowest BCUT2D eigenvalue weighted by atomic mass is 10.0.